The van der Waals surface area contributed by atoms with E-state index < -0.39 is 45.6 Å². The first-order valence-electron chi connectivity index (χ1n) is 14.5. The van der Waals surface area contributed by atoms with Crippen LogP contribution in [0.5, 0.6) is 0 Å². The van der Waals surface area contributed by atoms with Gasteiger partial charge in [0.25, 0.3) is 0 Å². The van der Waals surface area contributed by atoms with E-state index in [4.69, 9.17) is 25.2 Å². The van der Waals surface area contributed by atoms with Gasteiger partial charge in [0.05, 0.1) is 17.6 Å². The van der Waals surface area contributed by atoms with E-state index in [0.717, 1.165) is 0 Å². The van der Waals surface area contributed by atoms with Gasteiger partial charge in [-0.15, -0.1) is 0 Å². The van der Waals surface area contributed by atoms with Crippen molar-refractivity contribution in [3.63, 3.8) is 0 Å². The minimum absolute atomic E-state index is 0.0403. The molecule has 2 heterocycles. The van der Waals surface area contributed by atoms with Crippen LogP contribution in [0.15, 0.2) is 12.4 Å². The summed E-state index contributed by atoms with van der Waals surface area (Å²) in [5.74, 6) is 0.143. The van der Waals surface area contributed by atoms with Crippen molar-refractivity contribution < 1.29 is 23.6 Å². The number of aromatic nitrogens is 2. The lowest BCUT2D eigenvalue weighted by molar-refractivity contribution is -0.385. The standard InChI is InChI=1S/C28H50ClN3O6Si2/c1-16(2)39(17(3)4,18(5)6)37-23-13-22(25-26(32(34)35)28(29)31-15-30-25)36-24(14-33)27(23)38-40(19(7)8,20(9)10)21(11)12/h13,15-21,23-24,27,33H,14H2,1-12H3/t23-,24-,27+/m1/s1. The number of rotatable bonds is 13. The predicted molar refractivity (Wildman–Crippen MR) is 165 cm³/mol. The number of nitro groups is 1. The highest BCUT2D eigenvalue weighted by Gasteiger charge is 2.54. The summed E-state index contributed by atoms with van der Waals surface area (Å²) in [5, 5.41) is 22.3. The Balaban J connectivity index is 2.87. The van der Waals surface area contributed by atoms with E-state index in [1.54, 1.807) is 6.08 Å². The topological polar surface area (TPSA) is 117 Å². The van der Waals surface area contributed by atoms with Crippen LogP contribution in [-0.4, -0.2) is 61.6 Å². The molecule has 0 unspecified atom stereocenters. The van der Waals surface area contributed by atoms with Gasteiger partial charge in [-0.25, -0.2) is 9.97 Å². The molecule has 0 saturated heterocycles. The summed E-state index contributed by atoms with van der Waals surface area (Å²) >= 11 is 6.13. The molecular formula is C28H50ClN3O6Si2. The first-order chi connectivity index (χ1) is 18.5. The molecule has 1 N–H and O–H groups in total. The number of hydrogen-bond acceptors (Lipinski definition) is 8. The molecule has 0 spiro atoms. The van der Waals surface area contributed by atoms with Gasteiger partial charge in [-0.3, -0.25) is 10.1 Å². The Labute approximate surface area is 247 Å². The molecule has 1 aliphatic heterocycles. The van der Waals surface area contributed by atoms with Crippen LogP contribution in [0.1, 0.15) is 88.8 Å². The van der Waals surface area contributed by atoms with Gasteiger partial charge >= 0.3 is 5.69 Å². The minimum Gasteiger partial charge on any atom is -0.483 e. The van der Waals surface area contributed by atoms with E-state index in [2.05, 4.69) is 93.1 Å². The fourth-order valence-electron chi connectivity index (χ4n) is 7.23. The summed E-state index contributed by atoms with van der Waals surface area (Å²) in [6.07, 6.45) is 0.894. The van der Waals surface area contributed by atoms with E-state index >= 15 is 0 Å². The molecule has 0 bridgehead atoms. The smallest absolute Gasteiger partial charge is 0.335 e. The molecule has 2 rings (SSSR count). The number of aliphatic hydroxyl groups is 1. The number of nitrogens with zero attached hydrogens (tertiary/aromatic N) is 3. The average Bonchev–Trinajstić information content (AvgIpc) is 2.83. The summed E-state index contributed by atoms with van der Waals surface area (Å²) in [6, 6.07) is 0. The fourth-order valence-corrected chi connectivity index (χ4v) is 18.5. The van der Waals surface area contributed by atoms with Crippen molar-refractivity contribution >= 4 is 39.7 Å². The Bertz CT molecular complexity index is 1010. The molecular weight excluding hydrogens is 566 g/mol. The molecule has 0 fully saturated rings. The van der Waals surface area contributed by atoms with Gasteiger partial charge in [0.2, 0.25) is 21.8 Å². The van der Waals surface area contributed by atoms with Gasteiger partial charge in [0.15, 0.2) is 11.5 Å². The van der Waals surface area contributed by atoms with Crippen molar-refractivity contribution in [2.45, 2.75) is 135 Å². The van der Waals surface area contributed by atoms with Crippen LogP contribution in [0, 0.1) is 10.1 Å². The largest absolute Gasteiger partial charge is 0.483 e. The third kappa shape index (κ3) is 6.49. The molecule has 0 radical (unpaired) electrons. The summed E-state index contributed by atoms with van der Waals surface area (Å²) in [4.78, 5) is 19.3. The molecule has 0 saturated carbocycles. The first kappa shape index (κ1) is 34.8. The molecule has 1 aromatic rings. The molecule has 0 amide bonds. The monoisotopic (exact) mass is 615 g/mol. The van der Waals surface area contributed by atoms with Crippen molar-refractivity contribution in [2.24, 2.45) is 0 Å². The van der Waals surface area contributed by atoms with Gasteiger partial charge in [-0.05, 0) is 39.3 Å². The summed E-state index contributed by atoms with van der Waals surface area (Å²) in [6.45, 7) is 26.2. The maximum Gasteiger partial charge on any atom is 0.335 e. The Hall–Kier alpha value is -1.38. The van der Waals surface area contributed by atoms with Crippen LogP contribution in [0.4, 0.5) is 5.69 Å². The molecule has 0 aromatic carbocycles. The molecule has 40 heavy (non-hydrogen) atoms. The lowest BCUT2D eigenvalue weighted by atomic mass is 10.0. The maximum atomic E-state index is 12.0. The Kier molecular flexibility index (Phi) is 12.0. The fraction of sp³-hybridized carbons (Fsp3) is 0.786. The van der Waals surface area contributed by atoms with Crippen molar-refractivity contribution in [2.75, 3.05) is 6.61 Å². The van der Waals surface area contributed by atoms with E-state index in [9.17, 15) is 15.2 Å². The SMILES string of the molecule is CC(C)[Si](O[C@H]1[C@H](O[Si](C(C)C)(C(C)C)C(C)C)C=C(c2ncnc(Cl)c2[N+](=O)[O-])O[C@@H]1CO)(C(C)C)C(C)C. The Morgan fingerprint density at radius 1 is 0.900 bits per heavy atom. The zero-order valence-corrected chi connectivity index (χ0v) is 29.0. The lowest BCUT2D eigenvalue weighted by Gasteiger charge is -2.51. The molecule has 9 nitrogen and oxygen atoms in total. The average molecular weight is 616 g/mol. The van der Waals surface area contributed by atoms with E-state index in [1.165, 1.54) is 6.33 Å². The Morgan fingerprint density at radius 3 is 1.75 bits per heavy atom. The number of aliphatic hydroxyl groups excluding tert-OH is 1. The number of ether oxygens (including phenoxy) is 1. The van der Waals surface area contributed by atoms with Crippen LogP contribution in [0.25, 0.3) is 5.76 Å². The highest BCUT2D eigenvalue weighted by atomic mass is 35.5. The Morgan fingerprint density at radius 2 is 1.35 bits per heavy atom. The number of halogens is 1. The second-order valence-corrected chi connectivity index (χ2v) is 24.0. The molecule has 1 aliphatic rings. The summed E-state index contributed by atoms with van der Waals surface area (Å²) < 4.78 is 20.8. The highest BCUT2D eigenvalue weighted by Crippen LogP contribution is 2.48. The third-order valence-electron chi connectivity index (χ3n) is 8.75. The second kappa shape index (κ2) is 13.7. The van der Waals surface area contributed by atoms with Crippen LogP contribution in [0.3, 0.4) is 0 Å². The minimum atomic E-state index is -2.47. The van der Waals surface area contributed by atoms with Gasteiger partial charge < -0.3 is 18.7 Å². The van der Waals surface area contributed by atoms with Gasteiger partial charge in [-0.2, -0.15) is 0 Å². The van der Waals surface area contributed by atoms with E-state index in [0.29, 0.717) is 16.6 Å². The zero-order chi connectivity index (χ0) is 30.7. The highest BCUT2D eigenvalue weighted by molar-refractivity contribution is 6.78. The molecule has 1 aromatic heterocycles. The molecule has 3 atom stereocenters. The maximum absolute atomic E-state index is 12.0. The first-order valence-corrected chi connectivity index (χ1v) is 19.1. The van der Waals surface area contributed by atoms with Crippen LogP contribution >= 0.6 is 11.6 Å². The molecule has 0 aliphatic carbocycles. The van der Waals surface area contributed by atoms with Gasteiger partial charge in [0, 0.05) is 0 Å². The summed E-state index contributed by atoms with van der Waals surface area (Å²) in [5.41, 5.74) is 1.24. The molecule has 12 heteroatoms. The molecule has 228 valence electrons. The number of hydrogen-bond donors (Lipinski definition) is 1. The van der Waals surface area contributed by atoms with Crippen molar-refractivity contribution in [3.05, 3.63) is 33.4 Å². The third-order valence-corrected chi connectivity index (χ3v) is 21.2. The zero-order valence-electron chi connectivity index (χ0n) is 26.3. The lowest BCUT2D eigenvalue weighted by Crippen LogP contribution is -2.60. The second-order valence-electron chi connectivity index (χ2n) is 12.8. The van der Waals surface area contributed by atoms with Crippen LogP contribution in [-0.2, 0) is 13.6 Å². The summed E-state index contributed by atoms with van der Waals surface area (Å²) in [7, 11) is -4.92. The predicted octanol–water partition coefficient (Wildman–Crippen LogP) is 7.89. The van der Waals surface area contributed by atoms with E-state index in [-0.39, 0.29) is 39.8 Å². The van der Waals surface area contributed by atoms with Gasteiger partial charge in [0.1, 0.15) is 18.5 Å². The van der Waals surface area contributed by atoms with Crippen LogP contribution in [0.2, 0.25) is 38.4 Å². The normalized spacial score (nSPS) is 20.7. The van der Waals surface area contributed by atoms with Crippen molar-refractivity contribution in [1.82, 2.24) is 9.97 Å². The quantitative estimate of drug-likeness (QED) is 0.103. The van der Waals surface area contributed by atoms with Crippen LogP contribution < -0.4 is 0 Å². The van der Waals surface area contributed by atoms with E-state index in [1.807, 2.05) is 0 Å². The van der Waals surface area contributed by atoms with Gasteiger partial charge in [-0.1, -0.05) is 94.7 Å². The van der Waals surface area contributed by atoms with Crippen molar-refractivity contribution in [3.8, 4) is 0 Å². The van der Waals surface area contributed by atoms with Crippen molar-refractivity contribution in [1.29, 1.82) is 0 Å².